The number of rotatable bonds is 6. The maximum Gasteiger partial charge on any atom is 0.225 e. The van der Waals surface area contributed by atoms with Gasteiger partial charge in [0.2, 0.25) is 5.91 Å². The average molecular weight is 410 g/mol. The monoisotopic (exact) mass is 409 g/mol. The van der Waals surface area contributed by atoms with Crippen LogP contribution in [0.5, 0.6) is 5.75 Å². The Balaban J connectivity index is 1.78. The van der Waals surface area contributed by atoms with Gasteiger partial charge >= 0.3 is 0 Å². The van der Waals surface area contributed by atoms with Gasteiger partial charge in [-0.15, -0.1) is 0 Å². The molecule has 4 heteroatoms. The summed E-state index contributed by atoms with van der Waals surface area (Å²) in [5.41, 5.74) is 3.05. The summed E-state index contributed by atoms with van der Waals surface area (Å²) < 4.78 is 6.17. The van der Waals surface area contributed by atoms with Crippen LogP contribution in [0.25, 0.3) is 0 Å². The molecule has 3 rings (SSSR count). The molecule has 0 aliphatic rings. The van der Waals surface area contributed by atoms with Crippen LogP contribution in [0.2, 0.25) is 0 Å². The van der Waals surface area contributed by atoms with E-state index in [0.717, 1.165) is 26.9 Å². The molecule has 0 aliphatic carbocycles. The summed E-state index contributed by atoms with van der Waals surface area (Å²) in [6.07, 6.45) is 0.323. The van der Waals surface area contributed by atoms with E-state index < -0.39 is 0 Å². The van der Waals surface area contributed by atoms with E-state index in [4.69, 9.17) is 4.74 Å². The van der Waals surface area contributed by atoms with E-state index in [1.165, 1.54) is 0 Å². The van der Waals surface area contributed by atoms with Crippen LogP contribution < -0.4 is 10.1 Å². The number of nitrogens with one attached hydrogen (secondary N) is 1. The Bertz CT molecular complexity index is 846. The molecule has 0 fully saturated rings. The van der Waals surface area contributed by atoms with E-state index in [-0.39, 0.29) is 11.9 Å². The molecule has 0 radical (unpaired) electrons. The number of carbonyl (C=O) groups excluding carboxylic acids is 1. The Labute approximate surface area is 162 Å². The molecule has 0 aliphatic heterocycles. The summed E-state index contributed by atoms with van der Waals surface area (Å²) in [4.78, 5) is 12.6. The van der Waals surface area contributed by atoms with Crippen molar-refractivity contribution in [2.45, 2.75) is 12.5 Å². The molecule has 0 heterocycles. The van der Waals surface area contributed by atoms with Gasteiger partial charge in [-0.2, -0.15) is 0 Å². The van der Waals surface area contributed by atoms with Crippen molar-refractivity contribution in [3.63, 3.8) is 0 Å². The minimum Gasteiger partial charge on any atom is -0.497 e. The highest BCUT2D eigenvalue weighted by Crippen LogP contribution is 2.24. The molecular formula is C22H20BrNO2. The molecule has 132 valence electrons. The van der Waals surface area contributed by atoms with Gasteiger partial charge in [0.05, 0.1) is 19.6 Å². The highest BCUT2D eigenvalue weighted by molar-refractivity contribution is 9.10. The van der Waals surface area contributed by atoms with Crippen molar-refractivity contribution >= 4 is 21.8 Å². The number of carbonyl (C=O) groups is 1. The fraction of sp³-hybridized carbons (Fsp3) is 0.136. The molecule has 0 aromatic heterocycles. The van der Waals surface area contributed by atoms with Crippen LogP contribution in [0.15, 0.2) is 83.3 Å². The number of amides is 1. The van der Waals surface area contributed by atoms with Gasteiger partial charge < -0.3 is 10.1 Å². The maximum atomic E-state index is 12.6. The third-order valence-corrected chi connectivity index (χ3v) is 4.69. The molecule has 0 saturated carbocycles. The first-order chi connectivity index (χ1) is 12.7. The minimum atomic E-state index is -0.185. The molecule has 0 spiro atoms. The lowest BCUT2D eigenvalue weighted by Crippen LogP contribution is -2.30. The Morgan fingerprint density at radius 3 is 2.15 bits per heavy atom. The standard InChI is InChI=1S/C22H20BrNO2/c1-26-20-13-7-16(8-14-20)15-21(25)24-22(17-5-3-2-4-6-17)18-9-11-19(23)12-10-18/h2-14,22H,15H2,1H3,(H,24,25). The average Bonchev–Trinajstić information content (AvgIpc) is 2.68. The lowest BCUT2D eigenvalue weighted by molar-refractivity contribution is -0.120. The second kappa shape index (κ2) is 8.68. The zero-order valence-electron chi connectivity index (χ0n) is 14.5. The van der Waals surface area contributed by atoms with Gasteiger partial charge in [-0.25, -0.2) is 0 Å². The summed E-state index contributed by atoms with van der Waals surface area (Å²) in [6, 6.07) is 25.4. The van der Waals surface area contributed by atoms with Gasteiger partial charge in [0.1, 0.15) is 5.75 Å². The molecule has 0 saturated heterocycles. The number of hydrogen-bond donors (Lipinski definition) is 1. The van der Waals surface area contributed by atoms with E-state index >= 15 is 0 Å². The number of ether oxygens (including phenoxy) is 1. The van der Waals surface area contributed by atoms with Gasteiger partial charge in [-0.05, 0) is 41.0 Å². The van der Waals surface area contributed by atoms with E-state index in [9.17, 15) is 4.79 Å². The molecule has 1 amide bonds. The predicted octanol–water partition coefficient (Wildman–Crippen LogP) is 4.91. The Morgan fingerprint density at radius 2 is 1.54 bits per heavy atom. The number of halogens is 1. The van der Waals surface area contributed by atoms with Crippen LogP contribution in [-0.2, 0) is 11.2 Å². The largest absolute Gasteiger partial charge is 0.497 e. The van der Waals surface area contributed by atoms with Gasteiger partial charge in [0, 0.05) is 4.47 Å². The number of methoxy groups -OCH3 is 1. The SMILES string of the molecule is COc1ccc(CC(=O)NC(c2ccccc2)c2ccc(Br)cc2)cc1. The topological polar surface area (TPSA) is 38.3 Å². The molecule has 1 N–H and O–H groups in total. The third kappa shape index (κ3) is 4.73. The van der Waals surface area contributed by atoms with Crippen LogP contribution in [-0.4, -0.2) is 13.0 Å². The molecule has 26 heavy (non-hydrogen) atoms. The Kier molecular flexibility index (Phi) is 6.08. The van der Waals surface area contributed by atoms with E-state index in [1.54, 1.807) is 7.11 Å². The van der Waals surface area contributed by atoms with E-state index in [1.807, 2.05) is 78.9 Å². The van der Waals surface area contributed by atoms with E-state index in [2.05, 4.69) is 21.2 Å². The first kappa shape index (κ1) is 18.2. The summed E-state index contributed by atoms with van der Waals surface area (Å²) in [6.45, 7) is 0. The van der Waals surface area contributed by atoms with E-state index in [0.29, 0.717) is 6.42 Å². The van der Waals surface area contributed by atoms with Crippen LogP contribution in [0, 0.1) is 0 Å². The van der Waals surface area contributed by atoms with Crippen molar-refractivity contribution in [1.82, 2.24) is 5.32 Å². The van der Waals surface area contributed by atoms with Gasteiger partial charge in [-0.1, -0.05) is 70.5 Å². The van der Waals surface area contributed by atoms with Gasteiger partial charge in [0.25, 0.3) is 0 Å². The van der Waals surface area contributed by atoms with Gasteiger partial charge in [-0.3, -0.25) is 4.79 Å². The maximum absolute atomic E-state index is 12.6. The quantitative estimate of drug-likeness (QED) is 0.628. The molecule has 1 atom stereocenters. The molecule has 3 nitrogen and oxygen atoms in total. The third-order valence-electron chi connectivity index (χ3n) is 4.17. The highest BCUT2D eigenvalue weighted by Gasteiger charge is 2.17. The van der Waals surface area contributed by atoms with Crippen molar-refractivity contribution in [2.75, 3.05) is 7.11 Å². The van der Waals surface area contributed by atoms with Crippen LogP contribution in [0.3, 0.4) is 0 Å². The van der Waals surface area contributed by atoms with Crippen molar-refractivity contribution < 1.29 is 9.53 Å². The van der Waals surface area contributed by atoms with Crippen LogP contribution in [0.4, 0.5) is 0 Å². The van der Waals surface area contributed by atoms with Crippen molar-refractivity contribution in [3.05, 3.63) is 100 Å². The zero-order valence-corrected chi connectivity index (χ0v) is 16.1. The van der Waals surface area contributed by atoms with Crippen molar-refractivity contribution in [3.8, 4) is 5.75 Å². The molecule has 3 aromatic rings. The Hall–Kier alpha value is -2.59. The minimum absolute atomic E-state index is 0.0214. The second-order valence-corrected chi connectivity index (χ2v) is 6.90. The predicted molar refractivity (Wildman–Crippen MR) is 107 cm³/mol. The number of benzene rings is 3. The summed E-state index contributed by atoms with van der Waals surface area (Å²) in [5, 5.41) is 3.16. The van der Waals surface area contributed by atoms with Crippen LogP contribution in [0.1, 0.15) is 22.7 Å². The molecular weight excluding hydrogens is 390 g/mol. The molecule has 3 aromatic carbocycles. The fourth-order valence-electron chi connectivity index (χ4n) is 2.80. The summed E-state index contributed by atoms with van der Waals surface area (Å²) >= 11 is 3.46. The number of hydrogen-bond acceptors (Lipinski definition) is 2. The second-order valence-electron chi connectivity index (χ2n) is 5.99. The zero-order chi connectivity index (χ0) is 18.4. The molecule has 1 unspecified atom stereocenters. The lowest BCUT2D eigenvalue weighted by Gasteiger charge is -2.20. The van der Waals surface area contributed by atoms with Crippen molar-refractivity contribution in [2.24, 2.45) is 0 Å². The smallest absolute Gasteiger partial charge is 0.225 e. The Morgan fingerprint density at radius 1 is 0.923 bits per heavy atom. The van der Waals surface area contributed by atoms with Gasteiger partial charge in [0.15, 0.2) is 0 Å². The first-order valence-corrected chi connectivity index (χ1v) is 9.18. The first-order valence-electron chi connectivity index (χ1n) is 8.38. The van der Waals surface area contributed by atoms with Crippen molar-refractivity contribution in [1.29, 1.82) is 0 Å². The summed E-state index contributed by atoms with van der Waals surface area (Å²) in [5.74, 6) is 0.762. The summed E-state index contributed by atoms with van der Waals surface area (Å²) in [7, 11) is 1.63. The normalized spacial score (nSPS) is 11.6. The fourth-order valence-corrected chi connectivity index (χ4v) is 3.06. The van der Waals surface area contributed by atoms with Crippen LogP contribution >= 0.6 is 15.9 Å². The molecule has 0 bridgehead atoms. The lowest BCUT2D eigenvalue weighted by atomic mass is 9.98. The highest BCUT2D eigenvalue weighted by atomic mass is 79.9.